The minimum Gasteiger partial charge on any atom is -0.444 e. The van der Waals surface area contributed by atoms with Gasteiger partial charge in [-0.1, -0.05) is 0 Å². The Labute approximate surface area is 132 Å². The zero-order valence-electron chi connectivity index (χ0n) is 14.1. The molecule has 1 aliphatic rings. The van der Waals surface area contributed by atoms with Gasteiger partial charge < -0.3 is 15.0 Å². The van der Waals surface area contributed by atoms with Gasteiger partial charge >= 0.3 is 6.09 Å². The highest BCUT2D eigenvalue weighted by Gasteiger charge is 2.27. The third-order valence-corrected chi connectivity index (χ3v) is 3.46. The van der Waals surface area contributed by atoms with E-state index in [9.17, 15) is 4.79 Å². The van der Waals surface area contributed by atoms with Crippen molar-refractivity contribution in [2.24, 2.45) is 0 Å². The lowest BCUT2D eigenvalue weighted by molar-refractivity contribution is 0.0210. The average molecular weight is 306 g/mol. The van der Waals surface area contributed by atoms with E-state index >= 15 is 0 Å². The molecule has 0 unspecified atom stereocenters. The number of carbonyl (C=O) groups excluding carboxylic acids is 1. The molecule has 0 radical (unpaired) electrons. The van der Waals surface area contributed by atoms with Gasteiger partial charge in [0.25, 0.3) is 0 Å². The van der Waals surface area contributed by atoms with Gasteiger partial charge in [-0.3, -0.25) is 0 Å². The van der Waals surface area contributed by atoms with Crippen LogP contribution < -0.4 is 5.32 Å². The molecule has 6 nitrogen and oxygen atoms in total. The van der Waals surface area contributed by atoms with E-state index in [1.165, 1.54) is 0 Å². The lowest BCUT2D eigenvalue weighted by Gasteiger charge is -2.33. The fraction of sp³-hybridized carbons (Fsp3) is 0.688. The van der Waals surface area contributed by atoms with Crippen molar-refractivity contribution in [3.63, 3.8) is 0 Å². The van der Waals surface area contributed by atoms with Gasteiger partial charge in [-0.25, -0.2) is 14.8 Å². The van der Waals surface area contributed by atoms with Crippen molar-refractivity contribution in [2.45, 2.75) is 59.1 Å². The highest BCUT2D eigenvalue weighted by molar-refractivity contribution is 5.68. The molecular formula is C16H26N4O2. The summed E-state index contributed by atoms with van der Waals surface area (Å²) in [4.78, 5) is 22.6. The van der Waals surface area contributed by atoms with Crippen LogP contribution in [-0.2, 0) is 4.74 Å². The maximum Gasteiger partial charge on any atom is 0.410 e. The van der Waals surface area contributed by atoms with Gasteiger partial charge in [0.15, 0.2) is 0 Å². The Kier molecular flexibility index (Phi) is 4.88. The smallest absolute Gasteiger partial charge is 0.410 e. The van der Waals surface area contributed by atoms with Crippen LogP contribution in [0.25, 0.3) is 0 Å². The number of nitrogens with zero attached hydrogens (tertiary/aromatic N) is 3. The molecule has 1 aliphatic heterocycles. The van der Waals surface area contributed by atoms with Crippen molar-refractivity contribution < 1.29 is 9.53 Å². The third-order valence-electron chi connectivity index (χ3n) is 3.46. The standard InChI is InChI=1S/C16H26N4O2/c1-11-10-12(2)18-14(17-11)19-13-6-8-20(9-7-13)15(21)22-16(3,4)5/h10,13H,6-9H2,1-5H3,(H,17,18,19). The SMILES string of the molecule is Cc1cc(C)nc(NC2CCN(C(=O)OC(C)(C)C)CC2)n1. The van der Waals surface area contributed by atoms with Crippen molar-refractivity contribution in [2.75, 3.05) is 18.4 Å². The van der Waals surface area contributed by atoms with Crippen molar-refractivity contribution in [1.29, 1.82) is 0 Å². The van der Waals surface area contributed by atoms with E-state index in [1.807, 2.05) is 40.7 Å². The first kappa shape index (κ1) is 16.5. The molecule has 2 heterocycles. The number of nitrogens with one attached hydrogen (secondary N) is 1. The molecule has 1 N–H and O–H groups in total. The van der Waals surface area contributed by atoms with Gasteiger partial charge in [-0.05, 0) is 53.5 Å². The van der Waals surface area contributed by atoms with Gasteiger partial charge in [0.2, 0.25) is 5.95 Å². The van der Waals surface area contributed by atoms with E-state index in [1.54, 1.807) is 4.90 Å². The summed E-state index contributed by atoms with van der Waals surface area (Å²) < 4.78 is 5.40. The molecule has 2 rings (SSSR count). The van der Waals surface area contributed by atoms with Gasteiger partial charge in [0.1, 0.15) is 5.60 Å². The summed E-state index contributed by atoms with van der Waals surface area (Å²) in [5.74, 6) is 0.674. The van der Waals surface area contributed by atoms with Crippen LogP contribution in [0.15, 0.2) is 6.07 Å². The zero-order valence-corrected chi connectivity index (χ0v) is 14.1. The largest absolute Gasteiger partial charge is 0.444 e. The number of aryl methyl sites for hydroxylation is 2. The van der Waals surface area contributed by atoms with E-state index < -0.39 is 5.60 Å². The fourth-order valence-corrected chi connectivity index (χ4v) is 2.51. The molecule has 1 fully saturated rings. The Bertz CT molecular complexity index is 511. The molecule has 0 bridgehead atoms. The van der Waals surface area contributed by atoms with Gasteiger partial charge in [0.05, 0.1) is 0 Å². The number of carbonyl (C=O) groups is 1. The lowest BCUT2D eigenvalue weighted by atomic mass is 10.1. The van der Waals surface area contributed by atoms with Crippen molar-refractivity contribution in [3.8, 4) is 0 Å². The van der Waals surface area contributed by atoms with E-state index in [0.717, 1.165) is 24.2 Å². The maximum absolute atomic E-state index is 12.0. The number of ether oxygens (including phenoxy) is 1. The topological polar surface area (TPSA) is 67.4 Å². The second kappa shape index (κ2) is 6.50. The van der Waals surface area contributed by atoms with Gasteiger partial charge in [-0.15, -0.1) is 0 Å². The van der Waals surface area contributed by atoms with Crippen LogP contribution in [0.3, 0.4) is 0 Å². The maximum atomic E-state index is 12.0. The molecule has 1 saturated heterocycles. The highest BCUT2D eigenvalue weighted by Crippen LogP contribution is 2.17. The Balaban J connectivity index is 1.86. The van der Waals surface area contributed by atoms with Crippen molar-refractivity contribution >= 4 is 12.0 Å². The fourth-order valence-electron chi connectivity index (χ4n) is 2.51. The lowest BCUT2D eigenvalue weighted by Crippen LogP contribution is -2.44. The summed E-state index contributed by atoms with van der Waals surface area (Å²) in [5, 5.41) is 3.37. The number of hydrogen-bond donors (Lipinski definition) is 1. The van der Waals surface area contributed by atoms with Crippen LogP contribution in [0.2, 0.25) is 0 Å². The molecule has 0 aliphatic carbocycles. The first-order chi connectivity index (χ1) is 10.2. The third kappa shape index (κ3) is 4.86. The molecule has 1 amide bonds. The molecule has 0 atom stereocenters. The summed E-state index contributed by atoms with van der Waals surface area (Å²) >= 11 is 0. The first-order valence-electron chi connectivity index (χ1n) is 7.80. The normalized spacial score (nSPS) is 16.5. The molecule has 0 saturated carbocycles. The molecule has 1 aromatic heterocycles. The first-order valence-corrected chi connectivity index (χ1v) is 7.80. The molecule has 0 aromatic carbocycles. The molecule has 0 spiro atoms. The zero-order chi connectivity index (χ0) is 16.3. The number of piperidine rings is 1. The second-order valence-corrected chi connectivity index (χ2v) is 6.86. The molecule has 1 aromatic rings. The van der Waals surface area contributed by atoms with Crippen molar-refractivity contribution in [3.05, 3.63) is 17.5 Å². The second-order valence-electron chi connectivity index (χ2n) is 6.86. The Hall–Kier alpha value is -1.85. The summed E-state index contributed by atoms with van der Waals surface area (Å²) in [5.41, 5.74) is 1.47. The van der Waals surface area contributed by atoms with Crippen LogP contribution in [0.1, 0.15) is 45.0 Å². The highest BCUT2D eigenvalue weighted by atomic mass is 16.6. The Morgan fingerprint density at radius 2 is 1.77 bits per heavy atom. The predicted octanol–water partition coefficient (Wildman–Crippen LogP) is 2.90. The summed E-state index contributed by atoms with van der Waals surface area (Å²) in [6, 6.07) is 2.25. The van der Waals surface area contributed by atoms with Gasteiger partial charge in [0, 0.05) is 30.5 Å². The number of amides is 1. The van der Waals surface area contributed by atoms with Crippen LogP contribution >= 0.6 is 0 Å². The molecule has 6 heteroatoms. The van der Waals surface area contributed by atoms with Gasteiger partial charge in [-0.2, -0.15) is 0 Å². The van der Waals surface area contributed by atoms with E-state index in [0.29, 0.717) is 25.1 Å². The Morgan fingerprint density at radius 3 is 2.27 bits per heavy atom. The number of aromatic nitrogens is 2. The number of hydrogen-bond acceptors (Lipinski definition) is 5. The minimum atomic E-state index is -0.445. The van der Waals surface area contributed by atoms with Crippen LogP contribution in [-0.4, -0.2) is 45.7 Å². The van der Waals surface area contributed by atoms with Crippen LogP contribution in [0.4, 0.5) is 10.7 Å². The monoisotopic (exact) mass is 306 g/mol. The number of likely N-dealkylation sites (tertiary alicyclic amines) is 1. The van der Waals surface area contributed by atoms with E-state index in [-0.39, 0.29) is 6.09 Å². The molecular weight excluding hydrogens is 280 g/mol. The summed E-state index contributed by atoms with van der Waals surface area (Å²) in [7, 11) is 0. The summed E-state index contributed by atoms with van der Waals surface area (Å²) in [6.45, 7) is 11.0. The van der Waals surface area contributed by atoms with Crippen LogP contribution in [0.5, 0.6) is 0 Å². The minimum absolute atomic E-state index is 0.228. The predicted molar refractivity (Wildman–Crippen MR) is 86.0 cm³/mol. The van der Waals surface area contributed by atoms with Crippen molar-refractivity contribution in [1.82, 2.24) is 14.9 Å². The van der Waals surface area contributed by atoms with Crippen LogP contribution in [0, 0.1) is 13.8 Å². The Morgan fingerprint density at radius 1 is 1.23 bits per heavy atom. The summed E-state index contributed by atoms with van der Waals surface area (Å²) in [6.07, 6.45) is 1.51. The molecule has 122 valence electrons. The number of rotatable bonds is 2. The van der Waals surface area contributed by atoms with E-state index in [4.69, 9.17) is 4.74 Å². The quantitative estimate of drug-likeness (QED) is 0.910. The number of anilines is 1. The molecule has 22 heavy (non-hydrogen) atoms. The van der Waals surface area contributed by atoms with E-state index in [2.05, 4.69) is 15.3 Å². The average Bonchev–Trinajstić information content (AvgIpc) is 2.36.